The molecule has 3 heterocycles. The van der Waals surface area contributed by atoms with Gasteiger partial charge in [0.2, 0.25) is 5.82 Å². The molecule has 0 spiro atoms. The predicted molar refractivity (Wildman–Crippen MR) is 101 cm³/mol. The highest BCUT2D eigenvalue weighted by Crippen LogP contribution is 2.23. The monoisotopic (exact) mass is 356 g/mol. The van der Waals surface area contributed by atoms with E-state index < -0.39 is 0 Å². The van der Waals surface area contributed by atoms with E-state index in [-0.39, 0.29) is 23.7 Å². The minimum absolute atomic E-state index is 0.0665. The van der Waals surface area contributed by atoms with Crippen LogP contribution in [-0.4, -0.2) is 45.2 Å². The number of amides is 2. The molecule has 0 saturated carbocycles. The zero-order valence-electron chi connectivity index (χ0n) is 15.9. The maximum Gasteiger partial charge on any atom is 0.287 e. The summed E-state index contributed by atoms with van der Waals surface area (Å²) in [6.07, 6.45) is 5.96. The van der Waals surface area contributed by atoms with E-state index in [1.54, 1.807) is 10.6 Å². The Balaban J connectivity index is 1.96. The number of fused-ring (bicyclic) bond motifs is 1. The number of hydrogen-bond acceptors (Lipinski definition) is 3. The Morgan fingerprint density at radius 1 is 1.31 bits per heavy atom. The predicted octanol–water partition coefficient (Wildman–Crippen LogP) is 3.12. The number of carbonyl (C=O) groups excluding carboxylic acids is 2. The third-order valence-corrected chi connectivity index (χ3v) is 4.98. The molecule has 0 bridgehead atoms. The first-order valence-electron chi connectivity index (χ1n) is 9.59. The highest BCUT2D eigenvalue weighted by Gasteiger charge is 2.30. The Hall–Kier alpha value is -2.37. The zero-order valence-corrected chi connectivity index (χ0v) is 15.9. The molecule has 3 rings (SSSR count). The van der Waals surface area contributed by atoms with Crippen LogP contribution in [0, 0.1) is 5.92 Å². The molecule has 26 heavy (non-hydrogen) atoms. The van der Waals surface area contributed by atoms with Gasteiger partial charge in [-0.1, -0.05) is 26.8 Å². The number of pyridine rings is 1. The Kier molecular flexibility index (Phi) is 5.59. The van der Waals surface area contributed by atoms with Crippen LogP contribution in [0.4, 0.5) is 0 Å². The average molecular weight is 356 g/mol. The van der Waals surface area contributed by atoms with Crippen molar-refractivity contribution in [1.82, 2.24) is 19.6 Å². The van der Waals surface area contributed by atoms with E-state index in [9.17, 15) is 9.59 Å². The Bertz CT molecular complexity index is 796. The molecule has 6 heteroatoms. The third kappa shape index (κ3) is 3.59. The molecule has 1 N–H and O–H groups in total. The van der Waals surface area contributed by atoms with Crippen molar-refractivity contribution in [2.45, 2.75) is 52.5 Å². The van der Waals surface area contributed by atoms with Crippen LogP contribution in [0.2, 0.25) is 0 Å². The molecular formula is C20H28N4O2. The van der Waals surface area contributed by atoms with Gasteiger partial charge < -0.3 is 10.2 Å². The van der Waals surface area contributed by atoms with Crippen LogP contribution < -0.4 is 5.32 Å². The van der Waals surface area contributed by atoms with Gasteiger partial charge in [0, 0.05) is 25.3 Å². The minimum atomic E-state index is -0.246. The van der Waals surface area contributed by atoms with Crippen LogP contribution in [0.3, 0.4) is 0 Å². The lowest BCUT2D eigenvalue weighted by Crippen LogP contribution is -2.43. The van der Waals surface area contributed by atoms with Crippen molar-refractivity contribution < 1.29 is 9.59 Å². The summed E-state index contributed by atoms with van der Waals surface area (Å²) < 4.78 is 1.72. The second-order valence-corrected chi connectivity index (χ2v) is 7.40. The molecule has 6 nitrogen and oxygen atoms in total. The molecule has 0 radical (unpaired) electrons. The van der Waals surface area contributed by atoms with Gasteiger partial charge in [0.25, 0.3) is 11.8 Å². The van der Waals surface area contributed by atoms with Gasteiger partial charge in [-0.3, -0.25) is 14.0 Å². The minimum Gasteiger partial charge on any atom is -0.349 e. The van der Waals surface area contributed by atoms with Crippen LogP contribution in [0.15, 0.2) is 24.4 Å². The summed E-state index contributed by atoms with van der Waals surface area (Å²) in [6, 6.07) is 5.83. The van der Waals surface area contributed by atoms with Gasteiger partial charge in [-0.15, -0.1) is 0 Å². The summed E-state index contributed by atoms with van der Waals surface area (Å²) in [6.45, 7) is 7.54. The molecule has 1 fully saturated rings. The fraction of sp³-hybridized carbons (Fsp3) is 0.550. The van der Waals surface area contributed by atoms with Gasteiger partial charge in [-0.25, -0.2) is 4.98 Å². The Morgan fingerprint density at radius 2 is 2.12 bits per heavy atom. The molecule has 2 amide bonds. The van der Waals surface area contributed by atoms with E-state index in [1.165, 1.54) is 0 Å². The van der Waals surface area contributed by atoms with Crippen molar-refractivity contribution >= 4 is 17.3 Å². The summed E-state index contributed by atoms with van der Waals surface area (Å²) in [5.41, 5.74) is 1.06. The van der Waals surface area contributed by atoms with Crippen LogP contribution in [0.5, 0.6) is 0 Å². The number of likely N-dealkylation sites (tertiary alicyclic amines) is 1. The fourth-order valence-corrected chi connectivity index (χ4v) is 3.56. The zero-order chi connectivity index (χ0) is 18.7. The number of aromatic nitrogens is 2. The SMILES string of the molecule is CCC1CCCCN1C(=O)c1nc(C(=O)NCC(C)C)n2ccccc12. The molecule has 1 unspecified atom stereocenters. The summed E-state index contributed by atoms with van der Waals surface area (Å²) in [5.74, 6) is 0.312. The maximum atomic E-state index is 13.2. The third-order valence-electron chi connectivity index (χ3n) is 4.98. The number of carbonyl (C=O) groups is 2. The molecule has 2 aromatic rings. The smallest absolute Gasteiger partial charge is 0.287 e. The van der Waals surface area contributed by atoms with Crippen LogP contribution in [0.25, 0.3) is 5.52 Å². The molecular weight excluding hydrogens is 328 g/mol. The second-order valence-electron chi connectivity index (χ2n) is 7.40. The summed E-state index contributed by atoms with van der Waals surface area (Å²) in [5, 5.41) is 2.90. The number of imidazole rings is 1. The standard InChI is InChI=1S/C20H28N4O2/c1-4-15-9-5-7-11-23(15)20(26)17-16-10-6-8-12-24(16)18(22-17)19(25)21-13-14(2)3/h6,8,10,12,14-15H,4-5,7,9,11,13H2,1-3H3,(H,21,25). The molecule has 0 aliphatic carbocycles. The van der Waals surface area contributed by atoms with Crippen LogP contribution in [0.1, 0.15) is 67.6 Å². The summed E-state index contributed by atoms with van der Waals surface area (Å²) in [4.78, 5) is 32.2. The van der Waals surface area contributed by atoms with Gasteiger partial charge in [0.05, 0.1) is 5.52 Å². The summed E-state index contributed by atoms with van der Waals surface area (Å²) >= 11 is 0. The number of nitrogens with one attached hydrogen (secondary N) is 1. The first-order chi connectivity index (χ1) is 12.5. The summed E-state index contributed by atoms with van der Waals surface area (Å²) in [7, 11) is 0. The van der Waals surface area contributed by atoms with E-state index in [4.69, 9.17) is 0 Å². The van der Waals surface area contributed by atoms with Crippen molar-refractivity contribution in [2.24, 2.45) is 5.92 Å². The van der Waals surface area contributed by atoms with E-state index in [2.05, 4.69) is 17.2 Å². The van der Waals surface area contributed by atoms with E-state index >= 15 is 0 Å². The first-order valence-corrected chi connectivity index (χ1v) is 9.59. The molecule has 1 aliphatic rings. The molecule has 1 atom stereocenters. The van der Waals surface area contributed by atoms with Gasteiger partial charge in [0.15, 0.2) is 5.69 Å². The van der Waals surface area contributed by atoms with E-state index in [1.807, 2.05) is 36.9 Å². The molecule has 140 valence electrons. The Morgan fingerprint density at radius 3 is 2.85 bits per heavy atom. The number of piperidine rings is 1. The van der Waals surface area contributed by atoms with Gasteiger partial charge in [-0.2, -0.15) is 0 Å². The van der Waals surface area contributed by atoms with Crippen LogP contribution >= 0.6 is 0 Å². The van der Waals surface area contributed by atoms with Gasteiger partial charge >= 0.3 is 0 Å². The highest BCUT2D eigenvalue weighted by molar-refractivity contribution is 6.02. The lowest BCUT2D eigenvalue weighted by Gasteiger charge is -2.34. The average Bonchev–Trinajstić information content (AvgIpc) is 3.05. The van der Waals surface area contributed by atoms with Gasteiger partial charge in [0.1, 0.15) is 0 Å². The van der Waals surface area contributed by atoms with E-state index in [0.29, 0.717) is 23.7 Å². The van der Waals surface area contributed by atoms with Crippen molar-refractivity contribution in [3.8, 4) is 0 Å². The maximum absolute atomic E-state index is 13.2. The first kappa shape index (κ1) is 18.4. The molecule has 0 aromatic carbocycles. The second kappa shape index (κ2) is 7.89. The molecule has 1 saturated heterocycles. The quantitative estimate of drug-likeness (QED) is 0.895. The highest BCUT2D eigenvalue weighted by atomic mass is 16.2. The van der Waals surface area contributed by atoms with Gasteiger partial charge in [-0.05, 0) is 43.7 Å². The normalized spacial score (nSPS) is 17.7. The largest absolute Gasteiger partial charge is 0.349 e. The van der Waals surface area contributed by atoms with Crippen molar-refractivity contribution in [2.75, 3.05) is 13.1 Å². The number of nitrogens with zero attached hydrogens (tertiary/aromatic N) is 3. The van der Waals surface area contributed by atoms with E-state index in [0.717, 1.165) is 32.2 Å². The van der Waals surface area contributed by atoms with Crippen molar-refractivity contribution in [3.63, 3.8) is 0 Å². The lowest BCUT2D eigenvalue weighted by molar-refractivity contribution is 0.0604. The Labute approximate surface area is 154 Å². The topological polar surface area (TPSA) is 66.7 Å². The lowest BCUT2D eigenvalue weighted by atomic mass is 9.99. The number of rotatable bonds is 5. The van der Waals surface area contributed by atoms with Crippen LogP contribution in [-0.2, 0) is 0 Å². The number of hydrogen-bond donors (Lipinski definition) is 1. The van der Waals surface area contributed by atoms with Crippen molar-refractivity contribution in [1.29, 1.82) is 0 Å². The van der Waals surface area contributed by atoms with Crippen molar-refractivity contribution in [3.05, 3.63) is 35.9 Å². The molecule has 1 aliphatic heterocycles. The fourth-order valence-electron chi connectivity index (χ4n) is 3.56. The molecule has 2 aromatic heterocycles.